The Bertz CT molecular complexity index is 815. The molecule has 0 saturated heterocycles. The Labute approximate surface area is 182 Å². The van der Waals surface area contributed by atoms with Crippen molar-refractivity contribution in [3.05, 3.63) is 52.0 Å². The highest BCUT2D eigenvalue weighted by molar-refractivity contribution is 7.94. The summed E-state index contributed by atoms with van der Waals surface area (Å²) in [6, 6.07) is 10.1. The quantitative estimate of drug-likeness (QED) is 0.240. The monoisotopic (exact) mass is 437 g/mol. The van der Waals surface area contributed by atoms with Gasteiger partial charge in [0, 0.05) is 36.8 Å². The second-order valence-corrected chi connectivity index (χ2v) is 8.26. The lowest BCUT2D eigenvalue weighted by Gasteiger charge is -2.23. The summed E-state index contributed by atoms with van der Waals surface area (Å²) in [6.45, 7) is 3.92. The van der Waals surface area contributed by atoms with Gasteiger partial charge in [0.15, 0.2) is 17.2 Å². The average Bonchev–Trinajstić information content (AvgIpc) is 2.90. The van der Waals surface area contributed by atoms with Crippen molar-refractivity contribution in [2.24, 2.45) is 0 Å². The van der Waals surface area contributed by atoms with E-state index in [0.717, 1.165) is 37.2 Å². The SMILES string of the molecule is CCCSOOc1ccc(C2CN(C)CCc3c2cc(OC)c(OC)c3Cl)cc1. The Balaban J connectivity index is 1.92. The van der Waals surface area contributed by atoms with Crippen LogP contribution in [0, 0.1) is 0 Å². The number of benzene rings is 2. The van der Waals surface area contributed by atoms with Gasteiger partial charge in [-0.3, -0.25) is 0 Å². The third-order valence-corrected chi connectivity index (χ3v) is 6.25. The van der Waals surface area contributed by atoms with E-state index in [1.807, 2.05) is 12.1 Å². The molecule has 0 N–H and O–H groups in total. The number of hydrogen-bond acceptors (Lipinski definition) is 6. The summed E-state index contributed by atoms with van der Waals surface area (Å²) in [5, 5.41) is 0.642. The molecule has 1 aliphatic rings. The predicted octanol–water partition coefficient (Wildman–Crippen LogP) is 5.35. The molecule has 1 heterocycles. The van der Waals surface area contributed by atoms with Crippen LogP contribution >= 0.6 is 23.6 Å². The fourth-order valence-corrected chi connectivity index (χ4v) is 4.33. The summed E-state index contributed by atoms with van der Waals surface area (Å²) in [4.78, 5) is 7.67. The van der Waals surface area contributed by atoms with Crippen molar-refractivity contribution in [3.63, 3.8) is 0 Å². The molecular formula is C22H28ClNO4S. The van der Waals surface area contributed by atoms with Crippen LogP contribution in [0.2, 0.25) is 5.02 Å². The van der Waals surface area contributed by atoms with Crippen LogP contribution in [-0.4, -0.2) is 45.0 Å². The number of likely N-dealkylation sites (N-methyl/N-ethyl adjacent to an activating group) is 1. The van der Waals surface area contributed by atoms with Gasteiger partial charge in [-0.05, 0) is 54.8 Å². The maximum Gasteiger partial charge on any atom is 0.179 e. The number of rotatable bonds is 8. The highest BCUT2D eigenvalue weighted by Gasteiger charge is 2.28. The summed E-state index contributed by atoms with van der Waals surface area (Å²) in [6.07, 6.45) is 1.91. The molecule has 1 aliphatic heterocycles. The molecule has 0 aromatic heterocycles. The molecule has 0 spiro atoms. The molecule has 1 atom stereocenters. The highest BCUT2D eigenvalue weighted by atomic mass is 35.5. The van der Waals surface area contributed by atoms with E-state index in [1.54, 1.807) is 14.2 Å². The maximum atomic E-state index is 6.73. The van der Waals surface area contributed by atoms with Crippen molar-refractivity contribution in [2.75, 3.05) is 40.1 Å². The Hall–Kier alpha value is -1.60. The Kier molecular flexibility index (Phi) is 7.95. The Morgan fingerprint density at radius 2 is 1.93 bits per heavy atom. The first-order valence-electron chi connectivity index (χ1n) is 9.76. The van der Waals surface area contributed by atoms with Crippen molar-refractivity contribution in [3.8, 4) is 17.2 Å². The number of ether oxygens (including phenoxy) is 2. The van der Waals surface area contributed by atoms with E-state index in [2.05, 4.69) is 37.1 Å². The molecule has 0 bridgehead atoms. The van der Waals surface area contributed by atoms with E-state index in [1.165, 1.54) is 23.2 Å². The fourth-order valence-electron chi connectivity index (χ4n) is 3.60. The molecule has 5 nitrogen and oxygen atoms in total. The summed E-state index contributed by atoms with van der Waals surface area (Å²) < 4.78 is 16.2. The molecule has 1 unspecified atom stereocenters. The Morgan fingerprint density at radius 1 is 1.17 bits per heavy atom. The predicted molar refractivity (Wildman–Crippen MR) is 119 cm³/mol. The van der Waals surface area contributed by atoms with Crippen LogP contribution in [0.3, 0.4) is 0 Å². The van der Waals surface area contributed by atoms with E-state index < -0.39 is 0 Å². The van der Waals surface area contributed by atoms with Crippen molar-refractivity contribution in [2.45, 2.75) is 25.7 Å². The van der Waals surface area contributed by atoms with Crippen molar-refractivity contribution >= 4 is 23.6 Å². The summed E-state index contributed by atoms with van der Waals surface area (Å²) >= 11 is 8.04. The van der Waals surface area contributed by atoms with Gasteiger partial charge in [-0.15, -0.1) is 4.33 Å². The van der Waals surface area contributed by atoms with E-state index in [0.29, 0.717) is 22.3 Å². The van der Waals surface area contributed by atoms with Gasteiger partial charge in [-0.1, -0.05) is 30.7 Å². The van der Waals surface area contributed by atoms with Gasteiger partial charge in [0.2, 0.25) is 0 Å². The standard InChI is InChI=1S/C22H28ClNO4S/c1-5-12-29-28-27-16-8-6-15(7-9-16)19-14-24(2)11-10-17-18(19)13-20(25-3)22(26-4)21(17)23/h6-9,13,19H,5,10-12,14H2,1-4H3. The highest BCUT2D eigenvalue weighted by Crippen LogP contribution is 2.44. The number of nitrogens with zero attached hydrogens (tertiary/aromatic N) is 1. The molecule has 2 aromatic rings. The zero-order chi connectivity index (χ0) is 20.8. The minimum Gasteiger partial charge on any atom is -0.493 e. The topological polar surface area (TPSA) is 40.2 Å². The largest absolute Gasteiger partial charge is 0.493 e. The maximum absolute atomic E-state index is 6.73. The van der Waals surface area contributed by atoms with Gasteiger partial charge < -0.3 is 19.3 Å². The van der Waals surface area contributed by atoms with Gasteiger partial charge in [-0.25, -0.2) is 0 Å². The lowest BCUT2D eigenvalue weighted by molar-refractivity contribution is -0.0776. The van der Waals surface area contributed by atoms with Crippen LogP contribution in [0.15, 0.2) is 30.3 Å². The zero-order valence-electron chi connectivity index (χ0n) is 17.4. The van der Waals surface area contributed by atoms with Crippen LogP contribution in [0.4, 0.5) is 0 Å². The number of halogens is 1. The van der Waals surface area contributed by atoms with Crippen molar-refractivity contribution in [1.29, 1.82) is 0 Å². The van der Waals surface area contributed by atoms with E-state index >= 15 is 0 Å². The van der Waals surface area contributed by atoms with Gasteiger partial charge in [0.05, 0.1) is 19.2 Å². The van der Waals surface area contributed by atoms with Crippen LogP contribution in [0.1, 0.15) is 36.0 Å². The second-order valence-electron chi connectivity index (χ2n) is 7.10. The van der Waals surface area contributed by atoms with E-state index in [9.17, 15) is 0 Å². The molecule has 29 heavy (non-hydrogen) atoms. The number of methoxy groups -OCH3 is 2. The first-order chi connectivity index (χ1) is 14.1. The second kappa shape index (κ2) is 10.4. The normalized spacial score (nSPS) is 16.8. The van der Waals surface area contributed by atoms with Gasteiger partial charge >= 0.3 is 0 Å². The molecule has 0 radical (unpaired) electrons. The van der Waals surface area contributed by atoms with Crippen molar-refractivity contribution in [1.82, 2.24) is 4.90 Å². The molecular weight excluding hydrogens is 410 g/mol. The van der Waals surface area contributed by atoms with Gasteiger partial charge in [0.1, 0.15) is 0 Å². The zero-order valence-corrected chi connectivity index (χ0v) is 18.9. The summed E-state index contributed by atoms with van der Waals surface area (Å²) in [5.74, 6) is 3.01. The number of fused-ring (bicyclic) bond motifs is 1. The molecule has 0 aliphatic carbocycles. The minimum absolute atomic E-state index is 0.166. The molecule has 0 amide bonds. The number of hydrogen-bond donors (Lipinski definition) is 0. The van der Waals surface area contributed by atoms with Gasteiger partial charge in [0.25, 0.3) is 0 Å². The smallest absolute Gasteiger partial charge is 0.179 e. The molecule has 7 heteroatoms. The lowest BCUT2D eigenvalue weighted by atomic mass is 9.87. The molecule has 158 valence electrons. The van der Waals surface area contributed by atoms with Crippen LogP contribution in [-0.2, 0) is 10.8 Å². The fraction of sp³-hybridized carbons (Fsp3) is 0.455. The lowest BCUT2D eigenvalue weighted by Crippen LogP contribution is -2.24. The third kappa shape index (κ3) is 5.12. The van der Waals surface area contributed by atoms with E-state index in [-0.39, 0.29) is 5.92 Å². The summed E-state index contributed by atoms with van der Waals surface area (Å²) in [7, 11) is 5.40. The van der Waals surface area contributed by atoms with Crippen LogP contribution in [0.5, 0.6) is 17.2 Å². The third-order valence-electron chi connectivity index (χ3n) is 5.11. The molecule has 0 fully saturated rings. The Morgan fingerprint density at radius 3 is 2.59 bits per heavy atom. The molecule has 3 rings (SSSR count). The average molecular weight is 438 g/mol. The molecule has 0 saturated carbocycles. The van der Waals surface area contributed by atoms with Gasteiger partial charge in [-0.2, -0.15) is 0 Å². The van der Waals surface area contributed by atoms with Crippen molar-refractivity contribution < 1.29 is 18.7 Å². The van der Waals surface area contributed by atoms with Crippen LogP contribution < -0.4 is 14.4 Å². The minimum atomic E-state index is 0.166. The first kappa shape index (κ1) is 22.1. The molecule has 2 aromatic carbocycles. The summed E-state index contributed by atoms with van der Waals surface area (Å²) in [5.41, 5.74) is 3.50. The first-order valence-corrected chi connectivity index (χ1v) is 11.1. The van der Waals surface area contributed by atoms with E-state index in [4.69, 9.17) is 30.3 Å². The van der Waals surface area contributed by atoms with Crippen LogP contribution in [0.25, 0.3) is 0 Å².